The van der Waals surface area contributed by atoms with Crippen LogP contribution in [-0.2, 0) is 4.74 Å². The molecule has 0 bridgehead atoms. The molecular weight excluding hydrogens is 388 g/mol. The van der Waals surface area contributed by atoms with Gasteiger partial charge in [-0.05, 0) is 31.0 Å². The summed E-state index contributed by atoms with van der Waals surface area (Å²) in [5.74, 6) is -0.109. The molecule has 0 fully saturated rings. The number of hydrogen-bond acceptors (Lipinski definition) is 5. The van der Waals surface area contributed by atoms with Gasteiger partial charge in [0, 0.05) is 0 Å². The van der Waals surface area contributed by atoms with E-state index < -0.39 is 5.97 Å². The molecule has 0 aliphatic heterocycles. The van der Waals surface area contributed by atoms with E-state index in [1.165, 1.54) is 0 Å². The number of fused-ring (bicyclic) bond motifs is 2. The van der Waals surface area contributed by atoms with Crippen molar-refractivity contribution in [1.82, 2.24) is 14.5 Å². The molecule has 0 amide bonds. The van der Waals surface area contributed by atoms with Gasteiger partial charge in [0.25, 0.3) is 0 Å². The highest BCUT2D eigenvalue weighted by Crippen LogP contribution is 2.33. The molecule has 2 aromatic heterocycles. The number of ether oxygens (including phenoxy) is 1. The van der Waals surface area contributed by atoms with E-state index in [4.69, 9.17) is 20.4 Å². The molecule has 0 aliphatic rings. The Bertz CT molecular complexity index is 1200. The lowest BCUT2D eigenvalue weighted by atomic mass is 10.1. The monoisotopic (exact) mass is 416 g/mol. The predicted molar refractivity (Wildman–Crippen MR) is 124 cm³/mol. The molecule has 0 unspecified atom stereocenters. The van der Waals surface area contributed by atoms with Crippen LogP contribution in [0.15, 0.2) is 54.6 Å². The number of nitrogens with zero attached hydrogens (tertiary/aromatic N) is 3. The zero-order valence-electron chi connectivity index (χ0n) is 18.0. The summed E-state index contributed by atoms with van der Waals surface area (Å²) in [6, 6.07) is 17.5. The molecular formula is C25H28N4O2. The van der Waals surface area contributed by atoms with Crippen LogP contribution in [0.3, 0.4) is 0 Å². The van der Waals surface area contributed by atoms with Gasteiger partial charge in [0.1, 0.15) is 16.9 Å². The molecule has 0 spiro atoms. The molecule has 2 N–H and O–H groups in total. The van der Waals surface area contributed by atoms with Gasteiger partial charge in [-0.3, -0.25) is 0 Å². The molecule has 160 valence electrons. The number of unbranched alkanes of at least 4 members (excludes halogenated alkanes) is 3. The number of hydrogen-bond donors (Lipinski definition) is 1. The minimum atomic E-state index is -0.442. The fraction of sp³-hybridized carbons (Fsp3) is 0.320. The van der Waals surface area contributed by atoms with Crippen molar-refractivity contribution in [2.75, 3.05) is 12.3 Å². The number of rotatable bonds is 8. The van der Waals surface area contributed by atoms with Gasteiger partial charge in [0.05, 0.1) is 23.7 Å². The van der Waals surface area contributed by atoms with Crippen molar-refractivity contribution in [2.45, 2.75) is 45.6 Å². The van der Waals surface area contributed by atoms with Crippen molar-refractivity contribution in [3.63, 3.8) is 0 Å². The number of aromatic nitrogens is 3. The first-order valence-corrected chi connectivity index (χ1v) is 10.9. The smallest absolute Gasteiger partial charge is 0.344 e. The highest BCUT2D eigenvalue weighted by molar-refractivity contribution is 6.08. The van der Waals surface area contributed by atoms with Gasteiger partial charge < -0.3 is 15.0 Å². The van der Waals surface area contributed by atoms with Crippen molar-refractivity contribution < 1.29 is 9.53 Å². The number of nitrogen functional groups attached to an aromatic ring is 1. The van der Waals surface area contributed by atoms with Gasteiger partial charge >= 0.3 is 5.97 Å². The molecule has 31 heavy (non-hydrogen) atoms. The van der Waals surface area contributed by atoms with Gasteiger partial charge in [-0.25, -0.2) is 14.8 Å². The molecule has 6 heteroatoms. The normalized spacial score (nSPS) is 12.3. The highest BCUT2D eigenvalue weighted by atomic mass is 16.5. The standard InChI is InChI=1S/C25H28N4O2/c1-3-4-5-11-16-31-25(30)21-22-24(28-20-15-10-9-14-19(20)27-22)29(23(21)26)17(2)18-12-7-6-8-13-18/h6-10,12-15,17H,3-5,11,16,26H2,1-2H3/t17-/m0/s1. The Morgan fingerprint density at radius 1 is 1.00 bits per heavy atom. The largest absolute Gasteiger partial charge is 0.462 e. The van der Waals surface area contributed by atoms with E-state index in [-0.39, 0.29) is 6.04 Å². The number of anilines is 1. The van der Waals surface area contributed by atoms with Crippen molar-refractivity contribution >= 4 is 34.0 Å². The number of benzene rings is 2. The van der Waals surface area contributed by atoms with Crippen LogP contribution in [0.2, 0.25) is 0 Å². The Labute approximate surface area is 182 Å². The second-order valence-corrected chi connectivity index (χ2v) is 7.80. The lowest BCUT2D eigenvalue weighted by Gasteiger charge is -2.17. The summed E-state index contributed by atoms with van der Waals surface area (Å²) in [6.07, 6.45) is 4.14. The Hall–Kier alpha value is -3.41. The second kappa shape index (κ2) is 9.16. The van der Waals surface area contributed by atoms with E-state index in [0.717, 1.165) is 42.3 Å². The van der Waals surface area contributed by atoms with Gasteiger partial charge in [0.15, 0.2) is 5.65 Å². The third-order valence-corrected chi connectivity index (χ3v) is 5.64. The second-order valence-electron chi connectivity index (χ2n) is 7.80. The van der Waals surface area contributed by atoms with Crippen LogP contribution in [-0.4, -0.2) is 27.1 Å². The van der Waals surface area contributed by atoms with Crippen LogP contribution >= 0.6 is 0 Å². The fourth-order valence-electron chi connectivity index (χ4n) is 3.92. The Morgan fingerprint density at radius 3 is 2.39 bits per heavy atom. The Kier molecular flexibility index (Phi) is 6.16. The zero-order valence-corrected chi connectivity index (χ0v) is 18.0. The van der Waals surface area contributed by atoms with E-state index in [1.54, 1.807) is 0 Å². The number of esters is 1. The molecule has 0 saturated carbocycles. The van der Waals surface area contributed by atoms with E-state index >= 15 is 0 Å². The van der Waals surface area contributed by atoms with Gasteiger partial charge in [-0.1, -0.05) is 68.7 Å². The van der Waals surface area contributed by atoms with Crippen LogP contribution in [0.4, 0.5) is 5.82 Å². The molecule has 4 rings (SSSR count). The average Bonchev–Trinajstić information content (AvgIpc) is 3.08. The zero-order chi connectivity index (χ0) is 21.8. The Balaban J connectivity index is 1.80. The van der Waals surface area contributed by atoms with Crippen LogP contribution in [0.1, 0.15) is 61.5 Å². The maximum absolute atomic E-state index is 13.0. The maximum atomic E-state index is 13.0. The number of nitrogens with two attached hydrogens (primary N) is 1. The molecule has 6 nitrogen and oxygen atoms in total. The molecule has 4 aromatic rings. The first-order valence-electron chi connectivity index (χ1n) is 10.9. The van der Waals surface area contributed by atoms with Crippen molar-refractivity contribution in [3.8, 4) is 0 Å². The predicted octanol–water partition coefficient (Wildman–Crippen LogP) is 5.51. The summed E-state index contributed by atoms with van der Waals surface area (Å²) in [7, 11) is 0. The summed E-state index contributed by atoms with van der Waals surface area (Å²) in [5, 5.41) is 0. The summed E-state index contributed by atoms with van der Waals surface area (Å²) < 4.78 is 7.46. The SMILES string of the molecule is CCCCCCOC(=O)c1c(N)n([C@@H](C)c2ccccc2)c2nc3ccccc3nc12. The molecule has 0 saturated heterocycles. The lowest BCUT2D eigenvalue weighted by Crippen LogP contribution is -2.13. The fourth-order valence-corrected chi connectivity index (χ4v) is 3.92. The van der Waals surface area contributed by atoms with E-state index in [2.05, 4.69) is 6.92 Å². The maximum Gasteiger partial charge on any atom is 0.344 e. The highest BCUT2D eigenvalue weighted by Gasteiger charge is 2.27. The summed E-state index contributed by atoms with van der Waals surface area (Å²) in [5.41, 5.74) is 10.5. The van der Waals surface area contributed by atoms with Crippen molar-refractivity contribution in [1.29, 1.82) is 0 Å². The molecule has 0 radical (unpaired) electrons. The number of carbonyl (C=O) groups is 1. The van der Waals surface area contributed by atoms with Crippen LogP contribution in [0, 0.1) is 0 Å². The minimum absolute atomic E-state index is 0.120. The summed E-state index contributed by atoms with van der Waals surface area (Å²) >= 11 is 0. The van der Waals surface area contributed by atoms with Gasteiger partial charge in [-0.15, -0.1) is 0 Å². The third-order valence-electron chi connectivity index (χ3n) is 5.64. The number of carbonyl (C=O) groups excluding carboxylic acids is 1. The van der Waals surface area contributed by atoms with Crippen molar-refractivity contribution in [2.24, 2.45) is 0 Å². The van der Waals surface area contributed by atoms with E-state index in [1.807, 2.05) is 66.1 Å². The third kappa shape index (κ3) is 4.10. The van der Waals surface area contributed by atoms with E-state index in [0.29, 0.717) is 29.2 Å². The average molecular weight is 417 g/mol. The first kappa shape index (κ1) is 20.8. The van der Waals surface area contributed by atoms with Crippen LogP contribution < -0.4 is 5.73 Å². The van der Waals surface area contributed by atoms with Crippen molar-refractivity contribution in [3.05, 3.63) is 65.7 Å². The first-order chi connectivity index (χ1) is 15.1. The van der Waals surface area contributed by atoms with Crippen LogP contribution in [0.5, 0.6) is 0 Å². The molecule has 1 atom stereocenters. The molecule has 2 heterocycles. The topological polar surface area (TPSA) is 83.0 Å². The lowest BCUT2D eigenvalue weighted by molar-refractivity contribution is 0.0501. The molecule has 2 aromatic carbocycles. The van der Waals surface area contributed by atoms with Gasteiger partial charge in [0.2, 0.25) is 0 Å². The number of para-hydroxylation sites is 2. The Morgan fingerprint density at radius 2 is 1.68 bits per heavy atom. The van der Waals surface area contributed by atoms with E-state index in [9.17, 15) is 4.79 Å². The quantitative estimate of drug-likeness (QED) is 0.302. The van der Waals surface area contributed by atoms with Gasteiger partial charge in [-0.2, -0.15) is 0 Å². The summed E-state index contributed by atoms with van der Waals surface area (Å²) in [4.78, 5) is 22.6. The molecule has 0 aliphatic carbocycles. The van der Waals surface area contributed by atoms with Crippen LogP contribution in [0.25, 0.3) is 22.2 Å². The summed E-state index contributed by atoms with van der Waals surface area (Å²) in [6.45, 7) is 4.57. The minimum Gasteiger partial charge on any atom is -0.462 e.